The highest BCUT2D eigenvalue weighted by Crippen LogP contribution is 2.36. The van der Waals surface area contributed by atoms with E-state index >= 15 is 0 Å². The lowest BCUT2D eigenvalue weighted by Crippen LogP contribution is -2.08. The van der Waals surface area contributed by atoms with E-state index < -0.39 is 0 Å². The van der Waals surface area contributed by atoms with Crippen LogP contribution in [-0.2, 0) is 12.8 Å². The molecule has 0 N–H and O–H groups in total. The van der Waals surface area contributed by atoms with Crippen molar-refractivity contribution in [3.8, 4) is 0 Å². The Hall–Kier alpha value is -1.30. The van der Waals surface area contributed by atoms with Crippen molar-refractivity contribution in [2.75, 3.05) is 0 Å². The molecular weight excluding hydrogens is 348 g/mol. The van der Waals surface area contributed by atoms with Crippen molar-refractivity contribution in [1.29, 1.82) is 0 Å². The third-order valence-electron chi connectivity index (χ3n) is 7.81. The third kappa shape index (κ3) is 6.09. The lowest BCUT2D eigenvalue weighted by molar-refractivity contribution is 0.349. The van der Waals surface area contributed by atoms with Gasteiger partial charge in [-0.1, -0.05) is 76.8 Å². The predicted molar refractivity (Wildman–Crippen MR) is 129 cm³/mol. The SMILES string of the molecule is C=C1CCc2cc(CC3CCCC(CC(C)CC=C(CC)CC)CC3)c(C)cc21. The first kappa shape index (κ1) is 22.4. The van der Waals surface area contributed by atoms with Gasteiger partial charge >= 0.3 is 0 Å². The number of hydrogen-bond acceptors (Lipinski definition) is 0. The van der Waals surface area contributed by atoms with Crippen molar-refractivity contribution >= 4 is 5.57 Å². The van der Waals surface area contributed by atoms with E-state index in [1.54, 1.807) is 16.7 Å². The average Bonchev–Trinajstić information content (AvgIpc) is 2.91. The van der Waals surface area contributed by atoms with Gasteiger partial charge in [-0.3, -0.25) is 0 Å². The Morgan fingerprint density at radius 3 is 2.55 bits per heavy atom. The third-order valence-corrected chi connectivity index (χ3v) is 7.81. The maximum absolute atomic E-state index is 4.25. The van der Waals surface area contributed by atoms with Crippen molar-refractivity contribution in [1.82, 2.24) is 0 Å². The molecule has 0 aliphatic heterocycles. The van der Waals surface area contributed by atoms with Gasteiger partial charge in [-0.25, -0.2) is 0 Å². The predicted octanol–water partition coefficient (Wildman–Crippen LogP) is 8.86. The fourth-order valence-corrected chi connectivity index (χ4v) is 5.76. The van der Waals surface area contributed by atoms with Crippen molar-refractivity contribution in [3.05, 3.63) is 52.6 Å². The second-order valence-electron chi connectivity index (χ2n) is 10.1. The van der Waals surface area contributed by atoms with Gasteiger partial charge in [0.05, 0.1) is 0 Å². The highest BCUT2D eigenvalue weighted by Gasteiger charge is 2.22. The molecule has 1 fully saturated rings. The Labute approximate surface area is 180 Å². The average molecular weight is 393 g/mol. The summed E-state index contributed by atoms with van der Waals surface area (Å²) < 4.78 is 0. The van der Waals surface area contributed by atoms with Crippen LogP contribution >= 0.6 is 0 Å². The Morgan fingerprint density at radius 1 is 1.07 bits per heavy atom. The largest absolute Gasteiger partial charge is 0.0952 e. The van der Waals surface area contributed by atoms with E-state index in [9.17, 15) is 0 Å². The Morgan fingerprint density at radius 2 is 1.79 bits per heavy atom. The summed E-state index contributed by atoms with van der Waals surface area (Å²) in [5.41, 5.74) is 9.11. The van der Waals surface area contributed by atoms with Gasteiger partial charge in [-0.2, -0.15) is 0 Å². The number of aryl methyl sites for hydroxylation is 2. The summed E-state index contributed by atoms with van der Waals surface area (Å²) in [6.07, 6.45) is 18.6. The van der Waals surface area contributed by atoms with Crippen molar-refractivity contribution in [2.24, 2.45) is 17.8 Å². The molecule has 0 aromatic heterocycles. The Bertz CT molecular complexity index is 714. The molecule has 3 rings (SSSR count). The Kier molecular flexibility index (Phi) is 8.22. The van der Waals surface area contributed by atoms with Gasteiger partial charge in [-0.05, 0) is 104 Å². The molecule has 3 unspecified atom stereocenters. The van der Waals surface area contributed by atoms with Gasteiger partial charge < -0.3 is 0 Å². The van der Waals surface area contributed by atoms with Crippen molar-refractivity contribution in [3.63, 3.8) is 0 Å². The Balaban J connectivity index is 1.51. The second-order valence-corrected chi connectivity index (χ2v) is 10.1. The van der Waals surface area contributed by atoms with Gasteiger partial charge in [0.25, 0.3) is 0 Å². The minimum absolute atomic E-state index is 0.844. The highest BCUT2D eigenvalue weighted by molar-refractivity contribution is 5.71. The summed E-state index contributed by atoms with van der Waals surface area (Å²) >= 11 is 0. The van der Waals surface area contributed by atoms with Gasteiger partial charge in [0, 0.05) is 0 Å². The monoisotopic (exact) mass is 392 g/mol. The topological polar surface area (TPSA) is 0 Å². The number of fused-ring (bicyclic) bond motifs is 1. The standard InChI is InChI=1S/C29H44/c1-6-24(7-2)13-11-21(3)17-25-9-8-10-26(15-14-25)19-28-20-27-16-12-22(4)29(27)18-23(28)5/h13,18,20-21,25-26H,4,6-12,14-17,19H2,1-3,5H3. The summed E-state index contributed by atoms with van der Waals surface area (Å²) in [7, 11) is 0. The fourth-order valence-electron chi connectivity index (χ4n) is 5.76. The molecule has 0 bridgehead atoms. The van der Waals surface area contributed by atoms with Gasteiger partial charge in [0.2, 0.25) is 0 Å². The smallest absolute Gasteiger partial charge is 0.0195 e. The zero-order chi connectivity index (χ0) is 20.8. The minimum atomic E-state index is 0.844. The van der Waals surface area contributed by atoms with Crippen LogP contribution in [0.15, 0.2) is 30.4 Å². The first-order valence-corrected chi connectivity index (χ1v) is 12.5. The molecule has 0 heterocycles. The lowest BCUT2D eigenvalue weighted by Gasteiger charge is -2.20. The molecule has 0 spiro atoms. The van der Waals surface area contributed by atoms with Crippen LogP contribution in [-0.4, -0.2) is 0 Å². The molecule has 0 amide bonds. The summed E-state index contributed by atoms with van der Waals surface area (Å²) in [5.74, 6) is 2.69. The number of allylic oxidation sites excluding steroid dienone is 3. The number of rotatable bonds is 8. The summed E-state index contributed by atoms with van der Waals surface area (Å²) in [5, 5.41) is 0. The van der Waals surface area contributed by atoms with Gasteiger partial charge in [0.1, 0.15) is 0 Å². The van der Waals surface area contributed by atoms with Crippen LogP contribution in [0, 0.1) is 24.7 Å². The quantitative estimate of drug-likeness (QED) is 0.306. The van der Waals surface area contributed by atoms with Crippen LogP contribution in [0.2, 0.25) is 0 Å². The van der Waals surface area contributed by atoms with E-state index in [-0.39, 0.29) is 0 Å². The molecule has 160 valence electrons. The van der Waals surface area contributed by atoms with Crippen LogP contribution in [0.25, 0.3) is 5.57 Å². The molecule has 0 heteroatoms. The zero-order valence-corrected chi connectivity index (χ0v) is 19.7. The number of benzene rings is 1. The van der Waals surface area contributed by atoms with E-state index in [1.807, 2.05) is 0 Å². The van der Waals surface area contributed by atoms with Crippen molar-refractivity contribution < 1.29 is 0 Å². The van der Waals surface area contributed by atoms with E-state index in [1.165, 1.54) is 87.3 Å². The number of hydrogen-bond donors (Lipinski definition) is 0. The molecule has 2 aliphatic carbocycles. The van der Waals surface area contributed by atoms with E-state index in [2.05, 4.69) is 52.5 Å². The normalized spacial score (nSPS) is 22.8. The van der Waals surface area contributed by atoms with Gasteiger partial charge in [-0.15, -0.1) is 0 Å². The van der Waals surface area contributed by atoms with E-state index in [4.69, 9.17) is 0 Å². The molecule has 3 atom stereocenters. The zero-order valence-electron chi connectivity index (χ0n) is 19.7. The summed E-state index contributed by atoms with van der Waals surface area (Å²) in [6, 6.07) is 4.95. The molecule has 1 aromatic carbocycles. The molecule has 1 saturated carbocycles. The summed E-state index contributed by atoms with van der Waals surface area (Å²) in [4.78, 5) is 0. The van der Waals surface area contributed by atoms with Crippen molar-refractivity contribution in [2.45, 2.75) is 105 Å². The molecule has 0 radical (unpaired) electrons. The molecular formula is C29H44. The summed E-state index contributed by atoms with van der Waals surface area (Å²) in [6.45, 7) is 13.6. The molecule has 29 heavy (non-hydrogen) atoms. The van der Waals surface area contributed by atoms with E-state index in [0.717, 1.165) is 24.2 Å². The first-order chi connectivity index (χ1) is 14.0. The second kappa shape index (κ2) is 10.6. The highest BCUT2D eigenvalue weighted by atomic mass is 14.3. The molecule has 1 aromatic rings. The lowest BCUT2D eigenvalue weighted by atomic mass is 9.86. The van der Waals surface area contributed by atoms with E-state index in [0.29, 0.717) is 0 Å². The molecule has 2 aliphatic rings. The fraction of sp³-hybridized carbons (Fsp3) is 0.655. The van der Waals surface area contributed by atoms with Crippen LogP contribution < -0.4 is 0 Å². The molecule has 0 nitrogen and oxygen atoms in total. The first-order valence-electron chi connectivity index (χ1n) is 12.5. The van der Waals surface area contributed by atoms with Crippen LogP contribution in [0.3, 0.4) is 0 Å². The van der Waals surface area contributed by atoms with Crippen LogP contribution in [0.5, 0.6) is 0 Å². The van der Waals surface area contributed by atoms with Crippen LogP contribution in [0.4, 0.5) is 0 Å². The maximum Gasteiger partial charge on any atom is -0.0195 e. The maximum atomic E-state index is 4.25. The minimum Gasteiger partial charge on any atom is -0.0952 e. The molecule has 0 saturated heterocycles. The van der Waals surface area contributed by atoms with Gasteiger partial charge in [0.15, 0.2) is 0 Å². The van der Waals surface area contributed by atoms with Crippen LogP contribution in [0.1, 0.15) is 107 Å².